The molecule has 0 radical (unpaired) electrons. The Labute approximate surface area is 199 Å². The Balaban J connectivity index is 1.54. The van der Waals surface area contributed by atoms with E-state index >= 15 is 0 Å². The zero-order valence-corrected chi connectivity index (χ0v) is 19.5. The Kier molecular flexibility index (Phi) is 8.29. The van der Waals surface area contributed by atoms with Crippen molar-refractivity contribution >= 4 is 47.3 Å². The SMILES string of the molecule is COC(=O)/C=C1/SCC(=O)N1CCCOC(=O)/C=C/c1c(C)nn(-c2ccc(F)cc2)c1Cl. The molecule has 0 aliphatic carbocycles. The van der Waals surface area contributed by atoms with Gasteiger partial charge in [0.05, 0.1) is 42.0 Å². The highest BCUT2D eigenvalue weighted by molar-refractivity contribution is 8.04. The van der Waals surface area contributed by atoms with Gasteiger partial charge in [0.15, 0.2) is 0 Å². The van der Waals surface area contributed by atoms with Crippen molar-refractivity contribution in [2.45, 2.75) is 13.3 Å². The lowest BCUT2D eigenvalue weighted by Gasteiger charge is -2.16. The molecular weight excluding hydrogens is 473 g/mol. The van der Waals surface area contributed by atoms with E-state index in [-0.39, 0.29) is 29.2 Å². The van der Waals surface area contributed by atoms with Crippen LogP contribution >= 0.6 is 23.4 Å². The Morgan fingerprint density at radius 2 is 2.00 bits per heavy atom. The summed E-state index contributed by atoms with van der Waals surface area (Å²) in [5, 5.41) is 5.12. The molecule has 0 atom stereocenters. The number of esters is 2. The van der Waals surface area contributed by atoms with Crippen LogP contribution in [0.1, 0.15) is 17.7 Å². The van der Waals surface area contributed by atoms with Gasteiger partial charge >= 0.3 is 11.9 Å². The van der Waals surface area contributed by atoms with E-state index < -0.39 is 11.9 Å². The van der Waals surface area contributed by atoms with Crippen LogP contribution in [0, 0.1) is 12.7 Å². The van der Waals surface area contributed by atoms with Crippen LogP contribution in [0.25, 0.3) is 11.8 Å². The number of amides is 1. The molecule has 0 bridgehead atoms. The molecule has 0 spiro atoms. The molecule has 1 amide bonds. The van der Waals surface area contributed by atoms with Crippen molar-refractivity contribution in [1.29, 1.82) is 0 Å². The Bertz CT molecular complexity index is 1110. The summed E-state index contributed by atoms with van der Waals surface area (Å²) in [5.41, 5.74) is 1.71. The molecule has 1 aliphatic heterocycles. The molecular formula is C22H21ClFN3O5S. The summed E-state index contributed by atoms with van der Waals surface area (Å²) in [6.45, 7) is 2.13. The van der Waals surface area contributed by atoms with E-state index in [1.54, 1.807) is 19.1 Å². The normalized spacial score (nSPS) is 15.0. The Morgan fingerprint density at radius 1 is 1.27 bits per heavy atom. The van der Waals surface area contributed by atoms with Crippen molar-refractivity contribution in [3.05, 3.63) is 63.7 Å². The summed E-state index contributed by atoms with van der Waals surface area (Å²) >= 11 is 7.64. The number of halogens is 2. The van der Waals surface area contributed by atoms with Gasteiger partial charge in [-0.3, -0.25) is 4.79 Å². The number of thioether (sulfide) groups is 1. The number of hydrogen-bond donors (Lipinski definition) is 0. The van der Waals surface area contributed by atoms with Gasteiger partial charge in [-0.1, -0.05) is 23.4 Å². The molecule has 0 saturated carbocycles. The Hall–Kier alpha value is -3.11. The number of benzene rings is 1. The van der Waals surface area contributed by atoms with E-state index in [0.717, 1.165) is 0 Å². The molecule has 0 N–H and O–H groups in total. The minimum absolute atomic E-state index is 0.0880. The molecule has 33 heavy (non-hydrogen) atoms. The topological polar surface area (TPSA) is 90.7 Å². The zero-order chi connectivity index (χ0) is 24.0. The van der Waals surface area contributed by atoms with E-state index in [4.69, 9.17) is 16.3 Å². The highest BCUT2D eigenvalue weighted by atomic mass is 35.5. The van der Waals surface area contributed by atoms with Gasteiger partial charge in [-0.15, -0.1) is 0 Å². The lowest BCUT2D eigenvalue weighted by atomic mass is 10.2. The van der Waals surface area contributed by atoms with Crippen molar-refractivity contribution in [1.82, 2.24) is 14.7 Å². The predicted octanol–water partition coefficient (Wildman–Crippen LogP) is 3.51. The lowest BCUT2D eigenvalue weighted by molar-refractivity contribution is -0.138. The number of hydrogen-bond acceptors (Lipinski definition) is 7. The summed E-state index contributed by atoms with van der Waals surface area (Å²) in [7, 11) is 1.26. The molecule has 1 fully saturated rings. The molecule has 1 saturated heterocycles. The van der Waals surface area contributed by atoms with Crippen LogP contribution in [-0.4, -0.2) is 58.5 Å². The number of carbonyl (C=O) groups is 3. The summed E-state index contributed by atoms with van der Waals surface area (Å²) in [4.78, 5) is 37.0. The number of aromatic nitrogens is 2. The first-order valence-corrected chi connectivity index (χ1v) is 11.2. The fourth-order valence-electron chi connectivity index (χ4n) is 2.98. The molecule has 0 unspecified atom stereocenters. The second-order valence-corrected chi connectivity index (χ2v) is 8.23. The van der Waals surface area contributed by atoms with Gasteiger partial charge in [-0.05, 0) is 43.7 Å². The van der Waals surface area contributed by atoms with Gasteiger partial charge in [-0.25, -0.2) is 18.7 Å². The van der Waals surface area contributed by atoms with Crippen molar-refractivity contribution in [2.24, 2.45) is 0 Å². The van der Waals surface area contributed by atoms with Crippen molar-refractivity contribution in [3.8, 4) is 5.69 Å². The van der Waals surface area contributed by atoms with Crippen LogP contribution in [0.3, 0.4) is 0 Å². The highest BCUT2D eigenvalue weighted by Crippen LogP contribution is 2.29. The predicted molar refractivity (Wildman–Crippen MR) is 122 cm³/mol. The van der Waals surface area contributed by atoms with Crippen molar-refractivity contribution in [2.75, 3.05) is 26.0 Å². The monoisotopic (exact) mass is 493 g/mol. The summed E-state index contributed by atoms with van der Waals surface area (Å²) in [6, 6.07) is 5.70. The van der Waals surface area contributed by atoms with E-state index in [2.05, 4.69) is 9.84 Å². The number of rotatable bonds is 8. The maximum atomic E-state index is 13.1. The first kappa shape index (κ1) is 24.5. The van der Waals surface area contributed by atoms with Crippen LogP contribution in [0.4, 0.5) is 4.39 Å². The molecule has 2 aromatic rings. The largest absolute Gasteiger partial charge is 0.466 e. The van der Waals surface area contributed by atoms with E-state index in [1.807, 2.05) is 0 Å². The van der Waals surface area contributed by atoms with Crippen molar-refractivity contribution in [3.63, 3.8) is 0 Å². The molecule has 1 aromatic heterocycles. The lowest BCUT2D eigenvalue weighted by Crippen LogP contribution is -2.27. The van der Waals surface area contributed by atoms with Crippen molar-refractivity contribution < 1.29 is 28.2 Å². The molecule has 11 heteroatoms. The summed E-state index contributed by atoms with van der Waals surface area (Å²) in [6.07, 6.45) is 4.41. The second-order valence-electron chi connectivity index (χ2n) is 6.87. The standard InChI is InChI=1S/C22H21ClFN3O5S/c1-14-17(22(23)27(25-14)16-6-4-15(24)5-7-16)8-9-20(29)32-11-3-10-26-18(28)13-33-19(26)12-21(30)31-2/h4-9,12H,3,10-11,13H2,1-2H3/b9-8+,19-12+. The van der Waals surface area contributed by atoms with Gasteiger partial charge in [0.25, 0.3) is 0 Å². The fourth-order valence-corrected chi connectivity index (χ4v) is 4.27. The number of nitrogens with zero attached hydrogens (tertiary/aromatic N) is 3. The van der Waals surface area contributed by atoms with E-state index in [1.165, 1.54) is 58.8 Å². The third-order valence-corrected chi connectivity index (χ3v) is 6.02. The van der Waals surface area contributed by atoms with Gasteiger partial charge in [0.1, 0.15) is 11.0 Å². The number of carbonyl (C=O) groups excluding carboxylic acids is 3. The van der Waals surface area contributed by atoms with Crippen LogP contribution in [-0.2, 0) is 23.9 Å². The average Bonchev–Trinajstić information content (AvgIpc) is 3.28. The summed E-state index contributed by atoms with van der Waals surface area (Å²) in [5.74, 6) is -1.36. The second kappa shape index (κ2) is 11.2. The maximum Gasteiger partial charge on any atom is 0.333 e. The number of methoxy groups -OCH3 is 1. The molecule has 174 valence electrons. The van der Waals surface area contributed by atoms with Gasteiger partial charge in [0, 0.05) is 18.2 Å². The minimum atomic E-state index is -0.576. The van der Waals surface area contributed by atoms with Gasteiger partial charge in [-0.2, -0.15) is 5.10 Å². The van der Waals surface area contributed by atoms with Gasteiger partial charge in [0.2, 0.25) is 5.91 Å². The Morgan fingerprint density at radius 3 is 2.70 bits per heavy atom. The molecule has 1 aromatic carbocycles. The smallest absolute Gasteiger partial charge is 0.333 e. The third-order valence-electron chi connectivity index (χ3n) is 4.63. The van der Waals surface area contributed by atoms with Crippen LogP contribution in [0.2, 0.25) is 5.15 Å². The number of aryl methyl sites for hydroxylation is 1. The molecule has 8 nitrogen and oxygen atoms in total. The molecule has 3 rings (SSSR count). The van der Waals surface area contributed by atoms with Crippen LogP contribution in [0.15, 0.2) is 41.4 Å². The fraction of sp³-hybridized carbons (Fsp3) is 0.273. The number of ether oxygens (including phenoxy) is 2. The quantitative estimate of drug-likeness (QED) is 0.316. The van der Waals surface area contributed by atoms with E-state index in [9.17, 15) is 18.8 Å². The average molecular weight is 494 g/mol. The van der Waals surface area contributed by atoms with Crippen LogP contribution < -0.4 is 0 Å². The first-order chi connectivity index (χ1) is 15.8. The third kappa shape index (κ3) is 6.23. The van der Waals surface area contributed by atoms with Crippen LogP contribution in [0.5, 0.6) is 0 Å². The zero-order valence-electron chi connectivity index (χ0n) is 17.9. The molecule has 1 aliphatic rings. The molecule has 2 heterocycles. The van der Waals surface area contributed by atoms with E-state index in [0.29, 0.717) is 34.9 Å². The summed E-state index contributed by atoms with van der Waals surface area (Å²) < 4.78 is 24.4. The van der Waals surface area contributed by atoms with Gasteiger partial charge < -0.3 is 14.4 Å². The first-order valence-electron chi connectivity index (χ1n) is 9.89. The maximum absolute atomic E-state index is 13.1. The highest BCUT2D eigenvalue weighted by Gasteiger charge is 2.27. The minimum Gasteiger partial charge on any atom is -0.466 e.